The molecule has 2 rings (SSSR count). The maximum absolute atomic E-state index is 11.0. The molecule has 1 aliphatic carbocycles. The monoisotopic (exact) mass is 225 g/mol. The molecule has 1 saturated carbocycles. The number of aromatic nitrogens is 1. The third kappa shape index (κ3) is 1.82. The summed E-state index contributed by atoms with van der Waals surface area (Å²) < 4.78 is 10.5. The molecule has 0 amide bonds. The molecule has 0 atom stereocenters. The minimum absolute atomic E-state index is 0.0392. The number of methoxy groups -OCH3 is 1. The average Bonchev–Trinajstić information content (AvgIpc) is 2.96. The molecule has 88 valence electrons. The predicted molar refractivity (Wildman–Crippen MR) is 55.5 cm³/mol. The third-order valence-corrected chi connectivity index (χ3v) is 2.84. The smallest absolute Gasteiger partial charge is 0.373 e. The van der Waals surface area contributed by atoms with E-state index in [0.29, 0.717) is 11.6 Å². The van der Waals surface area contributed by atoms with Gasteiger partial charge in [-0.25, -0.2) is 9.78 Å². The van der Waals surface area contributed by atoms with Crippen LogP contribution in [0.5, 0.6) is 0 Å². The Morgan fingerprint density at radius 1 is 1.56 bits per heavy atom. The summed E-state index contributed by atoms with van der Waals surface area (Å²) in [4.78, 5) is 15.3. The number of ether oxygens (including phenoxy) is 1. The zero-order valence-corrected chi connectivity index (χ0v) is 9.61. The summed E-state index contributed by atoms with van der Waals surface area (Å²) in [5.74, 6) is -0.527. The molecule has 0 aliphatic heterocycles. The zero-order chi connectivity index (χ0) is 11.9. The maximum atomic E-state index is 11.0. The van der Waals surface area contributed by atoms with E-state index < -0.39 is 11.6 Å². The summed E-state index contributed by atoms with van der Waals surface area (Å²) in [6.45, 7) is 3.59. The molecule has 16 heavy (non-hydrogen) atoms. The molecular formula is C11H15NO4. The van der Waals surface area contributed by atoms with Crippen molar-refractivity contribution in [3.8, 4) is 0 Å². The van der Waals surface area contributed by atoms with Crippen molar-refractivity contribution in [3.63, 3.8) is 0 Å². The first-order valence-electron chi connectivity index (χ1n) is 5.25. The molecule has 1 aliphatic rings. The van der Waals surface area contributed by atoms with E-state index in [1.807, 2.05) is 0 Å². The van der Waals surface area contributed by atoms with Gasteiger partial charge in [-0.3, -0.25) is 0 Å². The fraction of sp³-hybridized carbons (Fsp3) is 0.636. The van der Waals surface area contributed by atoms with Crippen molar-refractivity contribution in [2.24, 2.45) is 0 Å². The maximum Gasteiger partial charge on any atom is 0.373 e. The highest BCUT2D eigenvalue weighted by molar-refractivity contribution is 5.86. The molecule has 5 nitrogen and oxygen atoms in total. The van der Waals surface area contributed by atoms with Crippen LogP contribution in [-0.2, 0) is 10.3 Å². The van der Waals surface area contributed by atoms with Crippen LogP contribution in [0.1, 0.15) is 54.7 Å². The van der Waals surface area contributed by atoms with Gasteiger partial charge in [0.05, 0.1) is 5.69 Å². The molecular weight excluding hydrogens is 210 g/mol. The number of oxazole rings is 1. The van der Waals surface area contributed by atoms with Crippen molar-refractivity contribution in [2.45, 2.75) is 38.2 Å². The number of hydrogen-bond donors (Lipinski definition) is 1. The predicted octanol–water partition coefficient (Wildman–Crippen LogP) is 2.13. The molecule has 1 aromatic heterocycles. The lowest BCUT2D eigenvalue weighted by atomic mass is 10.1. The molecule has 1 heterocycles. The van der Waals surface area contributed by atoms with E-state index in [0.717, 1.165) is 12.8 Å². The van der Waals surface area contributed by atoms with Gasteiger partial charge in [-0.2, -0.15) is 0 Å². The first-order valence-corrected chi connectivity index (χ1v) is 5.25. The Morgan fingerprint density at radius 3 is 2.62 bits per heavy atom. The van der Waals surface area contributed by atoms with Crippen LogP contribution < -0.4 is 0 Å². The SMILES string of the molecule is COC(C)(C)c1nc(C2CC2)c(C(=O)O)o1. The van der Waals surface area contributed by atoms with Crippen LogP contribution in [-0.4, -0.2) is 23.2 Å². The van der Waals surface area contributed by atoms with Crippen LogP contribution in [0.15, 0.2) is 4.42 Å². The molecule has 0 bridgehead atoms. The average molecular weight is 225 g/mol. The Hall–Kier alpha value is -1.36. The molecule has 5 heteroatoms. The number of rotatable bonds is 4. The number of hydrogen-bond acceptors (Lipinski definition) is 4. The fourth-order valence-electron chi connectivity index (χ4n) is 1.46. The first-order chi connectivity index (χ1) is 7.45. The van der Waals surface area contributed by atoms with E-state index in [2.05, 4.69) is 4.98 Å². The van der Waals surface area contributed by atoms with Gasteiger partial charge in [0.15, 0.2) is 0 Å². The molecule has 0 saturated heterocycles. The van der Waals surface area contributed by atoms with Crippen LogP contribution in [0.4, 0.5) is 0 Å². The van der Waals surface area contributed by atoms with Gasteiger partial charge < -0.3 is 14.3 Å². The highest BCUT2D eigenvalue weighted by Crippen LogP contribution is 2.42. The topological polar surface area (TPSA) is 72.6 Å². The van der Waals surface area contributed by atoms with Crippen molar-refractivity contribution < 1.29 is 19.1 Å². The fourth-order valence-corrected chi connectivity index (χ4v) is 1.46. The quantitative estimate of drug-likeness (QED) is 0.849. The second kappa shape index (κ2) is 3.59. The van der Waals surface area contributed by atoms with Gasteiger partial charge in [0.2, 0.25) is 11.7 Å². The Bertz CT molecular complexity index is 418. The summed E-state index contributed by atoms with van der Waals surface area (Å²) in [5, 5.41) is 9.02. The molecule has 1 fully saturated rings. The van der Waals surface area contributed by atoms with E-state index in [1.165, 1.54) is 0 Å². The minimum Gasteiger partial charge on any atom is -0.475 e. The lowest BCUT2D eigenvalue weighted by Crippen LogP contribution is -2.19. The zero-order valence-electron chi connectivity index (χ0n) is 9.61. The van der Waals surface area contributed by atoms with Crippen LogP contribution >= 0.6 is 0 Å². The van der Waals surface area contributed by atoms with Gasteiger partial charge in [-0.1, -0.05) is 0 Å². The third-order valence-electron chi connectivity index (χ3n) is 2.84. The Balaban J connectivity index is 2.42. The van der Waals surface area contributed by atoms with Gasteiger partial charge in [-0.15, -0.1) is 0 Å². The Labute approximate surface area is 93.4 Å². The van der Waals surface area contributed by atoms with Crippen LogP contribution in [0.2, 0.25) is 0 Å². The summed E-state index contributed by atoms with van der Waals surface area (Å²) >= 11 is 0. The molecule has 0 unspecified atom stereocenters. The molecule has 1 N–H and O–H groups in total. The second-order valence-electron chi connectivity index (χ2n) is 4.53. The Kier molecular flexibility index (Phi) is 2.50. The molecule has 0 spiro atoms. The lowest BCUT2D eigenvalue weighted by molar-refractivity contribution is -0.00472. The van der Waals surface area contributed by atoms with E-state index in [4.69, 9.17) is 14.3 Å². The summed E-state index contributed by atoms with van der Waals surface area (Å²) in [6, 6.07) is 0. The summed E-state index contributed by atoms with van der Waals surface area (Å²) in [7, 11) is 1.54. The van der Waals surface area contributed by atoms with Gasteiger partial charge in [0.1, 0.15) is 5.60 Å². The van der Waals surface area contributed by atoms with E-state index in [9.17, 15) is 4.79 Å². The standard InChI is InChI=1S/C11H15NO4/c1-11(2,15-3)10-12-7(6-4-5-6)8(16-10)9(13)14/h6H,4-5H2,1-3H3,(H,13,14). The second-order valence-corrected chi connectivity index (χ2v) is 4.53. The number of carbonyl (C=O) groups is 1. The normalized spacial score (nSPS) is 16.4. The number of nitrogens with zero attached hydrogens (tertiary/aromatic N) is 1. The summed E-state index contributed by atoms with van der Waals surface area (Å²) in [5.41, 5.74) is -0.134. The molecule has 0 aromatic carbocycles. The highest BCUT2D eigenvalue weighted by Gasteiger charge is 2.36. The number of carboxylic acids is 1. The van der Waals surface area contributed by atoms with E-state index in [1.54, 1.807) is 21.0 Å². The number of carboxylic acid groups (broad SMARTS) is 1. The van der Waals surface area contributed by atoms with Gasteiger partial charge >= 0.3 is 5.97 Å². The largest absolute Gasteiger partial charge is 0.475 e. The van der Waals surface area contributed by atoms with Crippen LogP contribution in [0.25, 0.3) is 0 Å². The van der Waals surface area contributed by atoms with Crippen molar-refractivity contribution in [1.29, 1.82) is 0 Å². The first kappa shape index (κ1) is 11.1. The van der Waals surface area contributed by atoms with E-state index >= 15 is 0 Å². The van der Waals surface area contributed by atoms with Crippen molar-refractivity contribution in [3.05, 3.63) is 17.3 Å². The Morgan fingerprint density at radius 2 is 2.19 bits per heavy atom. The van der Waals surface area contributed by atoms with Gasteiger partial charge in [0, 0.05) is 13.0 Å². The number of aromatic carboxylic acids is 1. The minimum atomic E-state index is -1.06. The van der Waals surface area contributed by atoms with Crippen LogP contribution in [0, 0.1) is 0 Å². The van der Waals surface area contributed by atoms with Crippen molar-refractivity contribution in [1.82, 2.24) is 4.98 Å². The molecule has 0 radical (unpaired) electrons. The van der Waals surface area contributed by atoms with Gasteiger partial charge in [-0.05, 0) is 26.7 Å². The van der Waals surface area contributed by atoms with Crippen molar-refractivity contribution >= 4 is 5.97 Å². The van der Waals surface area contributed by atoms with E-state index in [-0.39, 0.29) is 11.7 Å². The lowest BCUT2D eigenvalue weighted by Gasteiger charge is -2.17. The van der Waals surface area contributed by atoms with Gasteiger partial charge in [0.25, 0.3) is 0 Å². The van der Waals surface area contributed by atoms with Crippen LogP contribution in [0.3, 0.4) is 0 Å². The van der Waals surface area contributed by atoms with Crippen molar-refractivity contribution in [2.75, 3.05) is 7.11 Å². The molecule has 1 aromatic rings. The summed E-state index contributed by atoms with van der Waals surface area (Å²) in [6.07, 6.45) is 1.97. The highest BCUT2D eigenvalue weighted by atomic mass is 16.5.